The number of rotatable bonds is 4. The van der Waals surface area contributed by atoms with Crippen LogP contribution in [0.5, 0.6) is 0 Å². The van der Waals surface area contributed by atoms with Gasteiger partial charge in [0.1, 0.15) is 22.7 Å². The SMILES string of the molecule is O=C(O)c1c(CNc2ccc(F)cc2)oc2ccccc12. The highest BCUT2D eigenvalue weighted by Crippen LogP contribution is 2.26. The fourth-order valence-corrected chi connectivity index (χ4v) is 2.21. The Morgan fingerprint density at radius 3 is 2.57 bits per heavy atom. The number of aromatic carboxylic acids is 1. The summed E-state index contributed by atoms with van der Waals surface area (Å²) in [5, 5.41) is 12.9. The topological polar surface area (TPSA) is 62.5 Å². The summed E-state index contributed by atoms with van der Waals surface area (Å²) in [4.78, 5) is 11.4. The summed E-state index contributed by atoms with van der Waals surface area (Å²) < 4.78 is 18.4. The van der Waals surface area contributed by atoms with E-state index in [0.717, 1.165) is 0 Å². The van der Waals surface area contributed by atoms with Gasteiger partial charge in [0.05, 0.1) is 6.54 Å². The van der Waals surface area contributed by atoms with Crippen molar-refractivity contribution in [3.05, 3.63) is 65.7 Å². The Balaban J connectivity index is 1.91. The van der Waals surface area contributed by atoms with Gasteiger partial charge in [-0.25, -0.2) is 9.18 Å². The van der Waals surface area contributed by atoms with Gasteiger partial charge in [-0.2, -0.15) is 0 Å². The van der Waals surface area contributed by atoms with E-state index in [1.807, 2.05) is 0 Å². The maximum atomic E-state index is 12.8. The van der Waals surface area contributed by atoms with Gasteiger partial charge in [-0.15, -0.1) is 0 Å². The maximum absolute atomic E-state index is 12.8. The van der Waals surface area contributed by atoms with Gasteiger partial charge >= 0.3 is 5.97 Å². The molecule has 2 aromatic carbocycles. The van der Waals surface area contributed by atoms with Gasteiger partial charge in [-0.1, -0.05) is 18.2 Å². The second-order valence-electron chi connectivity index (χ2n) is 4.56. The zero-order valence-corrected chi connectivity index (χ0v) is 11.0. The van der Waals surface area contributed by atoms with Crippen LogP contribution in [0.25, 0.3) is 11.0 Å². The third-order valence-electron chi connectivity index (χ3n) is 3.18. The van der Waals surface area contributed by atoms with Crippen LogP contribution in [0.4, 0.5) is 10.1 Å². The van der Waals surface area contributed by atoms with E-state index in [0.29, 0.717) is 22.4 Å². The number of halogens is 1. The Morgan fingerprint density at radius 1 is 1.14 bits per heavy atom. The molecule has 0 unspecified atom stereocenters. The predicted molar refractivity (Wildman–Crippen MR) is 76.9 cm³/mol. The number of carboxylic acid groups (broad SMARTS) is 1. The molecule has 0 atom stereocenters. The molecule has 0 aliphatic rings. The quantitative estimate of drug-likeness (QED) is 0.763. The third kappa shape index (κ3) is 2.58. The Morgan fingerprint density at radius 2 is 1.86 bits per heavy atom. The largest absolute Gasteiger partial charge is 0.478 e. The van der Waals surface area contributed by atoms with Gasteiger partial charge in [-0.05, 0) is 30.3 Å². The number of fused-ring (bicyclic) bond motifs is 1. The van der Waals surface area contributed by atoms with E-state index in [9.17, 15) is 14.3 Å². The van der Waals surface area contributed by atoms with Gasteiger partial charge in [0.25, 0.3) is 0 Å². The fourth-order valence-electron chi connectivity index (χ4n) is 2.21. The average Bonchev–Trinajstić information content (AvgIpc) is 2.85. The highest BCUT2D eigenvalue weighted by Gasteiger charge is 2.19. The first-order valence-corrected chi connectivity index (χ1v) is 6.38. The molecular weight excluding hydrogens is 273 g/mol. The van der Waals surface area contributed by atoms with Gasteiger partial charge in [0.2, 0.25) is 0 Å². The molecule has 106 valence electrons. The number of hydrogen-bond donors (Lipinski definition) is 2. The number of nitrogens with one attached hydrogen (secondary N) is 1. The normalized spacial score (nSPS) is 10.7. The van der Waals surface area contributed by atoms with Crippen molar-refractivity contribution in [1.29, 1.82) is 0 Å². The van der Waals surface area contributed by atoms with E-state index >= 15 is 0 Å². The lowest BCUT2D eigenvalue weighted by molar-refractivity contribution is 0.0696. The molecule has 0 fully saturated rings. The number of para-hydroxylation sites is 1. The third-order valence-corrected chi connectivity index (χ3v) is 3.18. The summed E-state index contributed by atoms with van der Waals surface area (Å²) in [7, 11) is 0. The van der Waals surface area contributed by atoms with Crippen LogP contribution in [0.1, 0.15) is 16.1 Å². The molecule has 0 bridgehead atoms. The van der Waals surface area contributed by atoms with E-state index in [2.05, 4.69) is 5.32 Å². The molecule has 3 aromatic rings. The molecule has 3 rings (SSSR count). The summed E-state index contributed by atoms with van der Waals surface area (Å²) in [5.74, 6) is -1.01. The fraction of sp³-hybridized carbons (Fsp3) is 0.0625. The molecule has 0 radical (unpaired) electrons. The van der Waals surface area contributed by atoms with Crippen molar-refractivity contribution >= 4 is 22.6 Å². The van der Waals surface area contributed by atoms with E-state index in [1.54, 1.807) is 36.4 Å². The maximum Gasteiger partial charge on any atom is 0.339 e. The number of carboxylic acids is 1. The minimum absolute atomic E-state index is 0.153. The van der Waals surface area contributed by atoms with E-state index in [-0.39, 0.29) is 17.9 Å². The molecule has 0 saturated heterocycles. The predicted octanol–water partition coefficient (Wildman–Crippen LogP) is 3.88. The summed E-state index contributed by atoms with van der Waals surface area (Å²) in [6.07, 6.45) is 0. The van der Waals surface area contributed by atoms with Crippen LogP contribution >= 0.6 is 0 Å². The summed E-state index contributed by atoms with van der Waals surface area (Å²) in [5.41, 5.74) is 1.37. The van der Waals surface area contributed by atoms with Crippen LogP contribution in [0, 0.1) is 5.82 Å². The Bertz CT molecular complexity index is 793. The lowest BCUT2D eigenvalue weighted by Gasteiger charge is -2.04. The lowest BCUT2D eigenvalue weighted by atomic mass is 10.1. The zero-order chi connectivity index (χ0) is 14.8. The van der Waals surface area contributed by atoms with Crippen LogP contribution in [0.15, 0.2) is 52.9 Å². The molecule has 0 amide bonds. The molecule has 1 heterocycles. The van der Waals surface area contributed by atoms with Crippen LogP contribution in [-0.2, 0) is 6.54 Å². The molecule has 0 spiro atoms. The molecule has 0 aliphatic heterocycles. The summed E-state index contributed by atoms with van der Waals surface area (Å²) in [6, 6.07) is 12.8. The minimum Gasteiger partial charge on any atom is -0.478 e. The highest BCUT2D eigenvalue weighted by molar-refractivity contribution is 6.03. The second-order valence-corrected chi connectivity index (χ2v) is 4.56. The van der Waals surface area contributed by atoms with E-state index < -0.39 is 5.97 Å². The smallest absolute Gasteiger partial charge is 0.339 e. The van der Waals surface area contributed by atoms with Crippen LogP contribution < -0.4 is 5.32 Å². The van der Waals surface area contributed by atoms with Crippen molar-refractivity contribution in [3.63, 3.8) is 0 Å². The van der Waals surface area contributed by atoms with Gasteiger partial charge in [-0.3, -0.25) is 0 Å². The van der Waals surface area contributed by atoms with Crippen LogP contribution in [0.3, 0.4) is 0 Å². The van der Waals surface area contributed by atoms with E-state index in [4.69, 9.17) is 4.42 Å². The Kier molecular flexibility index (Phi) is 3.31. The van der Waals surface area contributed by atoms with Crippen molar-refractivity contribution in [2.45, 2.75) is 6.54 Å². The number of hydrogen-bond acceptors (Lipinski definition) is 3. The summed E-state index contributed by atoms with van der Waals surface area (Å²) >= 11 is 0. The summed E-state index contributed by atoms with van der Waals surface area (Å²) in [6.45, 7) is 0.210. The van der Waals surface area contributed by atoms with E-state index in [1.165, 1.54) is 12.1 Å². The van der Waals surface area contributed by atoms with Gasteiger partial charge in [0, 0.05) is 11.1 Å². The Labute approximate surface area is 119 Å². The first-order valence-electron chi connectivity index (χ1n) is 6.38. The van der Waals surface area contributed by atoms with Gasteiger partial charge in [0.15, 0.2) is 0 Å². The lowest BCUT2D eigenvalue weighted by Crippen LogP contribution is -2.05. The molecule has 0 saturated carbocycles. The molecule has 21 heavy (non-hydrogen) atoms. The van der Waals surface area contributed by atoms with Crippen LogP contribution in [-0.4, -0.2) is 11.1 Å². The molecule has 2 N–H and O–H groups in total. The van der Waals surface area contributed by atoms with Crippen molar-refractivity contribution in [2.24, 2.45) is 0 Å². The van der Waals surface area contributed by atoms with Crippen molar-refractivity contribution in [1.82, 2.24) is 0 Å². The molecule has 4 nitrogen and oxygen atoms in total. The average molecular weight is 285 g/mol. The Hall–Kier alpha value is -2.82. The first kappa shape index (κ1) is 13.2. The van der Waals surface area contributed by atoms with Gasteiger partial charge < -0.3 is 14.8 Å². The monoisotopic (exact) mass is 285 g/mol. The number of carbonyl (C=O) groups is 1. The molecule has 5 heteroatoms. The zero-order valence-electron chi connectivity index (χ0n) is 11.0. The first-order chi connectivity index (χ1) is 10.1. The second kappa shape index (κ2) is 5.28. The number of furan rings is 1. The number of anilines is 1. The molecule has 0 aliphatic carbocycles. The standard InChI is InChI=1S/C16H12FNO3/c17-10-5-7-11(8-6-10)18-9-14-15(16(19)20)12-3-1-2-4-13(12)21-14/h1-8,18H,9H2,(H,19,20). The molecule has 1 aromatic heterocycles. The van der Waals surface area contributed by atoms with Crippen molar-refractivity contribution < 1.29 is 18.7 Å². The van der Waals surface area contributed by atoms with Crippen molar-refractivity contribution in [2.75, 3.05) is 5.32 Å². The molecular formula is C16H12FNO3. The van der Waals surface area contributed by atoms with Crippen LogP contribution in [0.2, 0.25) is 0 Å². The highest BCUT2D eigenvalue weighted by atomic mass is 19.1. The minimum atomic E-state index is -1.03. The van der Waals surface area contributed by atoms with Crippen molar-refractivity contribution in [3.8, 4) is 0 Å². The number of benzene rings is 2.